The predicted octanol–water partition coefficient (Wildman–Crippen LogP) is 3.24. The highest BCUT2D eigenvalue weighted by Gasteiger charge is 2.35. The summed E-state index contributed by atoms with van der Waals surface area (Å²) in [7, 11) is 4.36. The Balaban J connectivity index is 0.00000312. The normalized spacial score (nSPS) is 22.5. The third-order valence-electron chi connectivity index (χ3n) is 6.29. The Morgan fingerprint density at radius 3 is 2.20 bits per heavy atom. The average Bonchev–Trinajstić information content (AvgIpc) is 3.07. The molecule has 0 amide bonds. The maximum Gasteiger partial charge on any atom is 0.191 e. The van der Waals surface area contributed by atoms with Crippen LogP contribution in [0.15, 0.2) is 4.99 Å². The van der Waals surface area contributed by atoms with Crippen molar-refractivity contribution in [3.63, 3.8) is 0 Å². The number of hydrogen-bond donors (Lipinski definition) is 2. The van der Waals surface area contributed by atoms with E-state index in [2.05, 4.69) is 43.5 Å². The number of hydrogen-bond acceptors (Lipinski definition) is 3. The molecule has 1 aliphatic carbocycles. The third-order valence-corrected chi connectivity index (χ3v) is 6.29. The van der Waals surface area contributed by atoms with Gasteiger partial charge < -0.3 is 20.3 Å². The lowest BCUT2D eigenvalue weighted by atomic mass is 9.83. The van der Waals surface area contributed by atoms with Crippen LogP contribution >= 0.6 is 24.0 Å². The summed E-state index contributed by atoms with van der Waals surface area (Å²) in [6, 6.07) is 0. The van der Waals surface area contributed by atoms with Crippen molar-refractivity contribution in [2.24, 2.45) is 10.4 Å². The van der Waals surface area contributed by atoms with Crippen molar-refractivity contribution in [2.45, 2.75) is 64.3 Å². The van der Waals surface area contributed by atoms with E-state index in [9.17, 15) is 0 Å². The van der Waals surface area contributed by atoms with Crippen molar-refractivity contribution in [3.05, 3.63) is 0 Å². The number of likely N-dealkylation sites (N-methyl/N-ethyl adjacent to an activating group) is 1. The summed E-state index contributed by atoms with van der Waals surface area (Å²) in [6.45, 7) is 8.95. The zero-order valence-corrected chi connectivity index (χ0v) is 19.0. The van der Waals surface area contributed by atoms with Gasteiger partial charge in [-0.15, -0.1) is 24.0 Å². The Morgan fingerprint density at radius 2 is 1.68 bits per heavy atom. The Hall–Kier alpha value is -0.0800. The molecule has 5 nitrogen and oxygen atoms in total. The molecule has 2 rings (SSSR count). The molecule has 148 valence electrons. The highest BCUT2D eigenvalue weighted by Crippen LogP contribution is 2.41. The van der Waals surface area contributed by atoms with E-state index in [0.717, 1.165) is 51.6 Å². The number of rotatable bonds is 7. The van der Waals surface area contributed by atoms with E-state index in [1.54, 1.807) is 0 Å². The molecule has 2 aliphatic rings. The molecule has 0 bridgehead atoms. The second-order valence-electron chi connectivity index (χ2n) is 7.84. The lowest BCUT2D eigenvalue weighted by molar-refractivity contribution is -0.00501. The summed E-state index contributed by atoms with van der Waals surface area (Å²) in [5.74, 6) is 0.977. The summed E-state index contributed by atoms with van der Waals surface area (Å²) in [6.07, 6.45) is 8.82. The van der Waals surface area contributed by atoms with Gasteiger partial charge in [0.2, 0.25) is 0 Å². The van der Waals surface area contributed by atoms with Gasteiger partial charge in [0.1, 0.15) is 0 Å². The van der Waals surface area contributed by atoms with Crippen molar-refractivity contribution in [3.8, 4) is 0 Å². The van der Waals surface area contributed by atoms with Crippen molar-refractivity contribution < 1.29 is 4.74 Å². The van der Waals surface area contributed by atoms with Crippen LogP contribution in [0.1, 0.15) is 58.8 Å². The summed E-state index contributed by atoms with van der Waals surface area (Å²) in [5, 5.41) is 7.05. The summed E-state index contributed by atoms with van der Waals surface area (Å²) in [5.41, 5.74) is 0.616. The van der Waals surface area contributed by atoms with Crippen LogP contribution in [0.4, 0.5) is 0 Å². The van der Waals surface area contributed by atoms with Crippen LogP contribution < -0.4 is 10.6 Å². The van der Waals surface area contributed by atoms with Gasteiger partial charge in [0, 0.05) is 38.4 Å². The lowest BCUT2D eigenvalue weighted by Gasteiger charge is -2.43. The van der Waals surface area contributed by atoms with Gasteiger partial charge in [-0.05, 0) is 58.5 Å². The van der Waals surface area contributed by atoms with Crippen LogP contribution in [0.2, 0.25) is 0 Å². The standard InChI is InChI=1S/C19H38N4O.HI/c1-5-18(9-7-8-10-18)15-21-17(20-6-2)22-16-19(23(3)4)11-13-24-14-12-19;/h5-16H2,1-4H3,(H2,20,21,22);1H. The van der Waals surface area contributed by atoms with Crippen LogP contribution in [0.5, 0.6) is 0 Å². The fourth-order valence-corrected chi connectivity index (χ4v) is 4.12. The summed E-state index contributed by atoms with van der Waals surface area (Å²) in [4.78, 5) is 7.32. The van der Waals surface area contributed by atoms with Gasteiger partial charge in [-0.3, -0.25) is 4.99 Å². The van der Waals surface area contributed by atoms with E-state index in [1.165, 1.54) is 32.1 Å². The predicted molar refractivity (Wildman–Crippen MR) is 117 cm³/mol. The Bertz CT molecular complexity index is 402. The van der Waals surface area contributed by atoms with Crippen LogP contribution in [0.3, 0.4) is 0 Å². The van der Waals surface area contributed by atoms with Gasteiger partial charge in [0.25, 0.3) is 0 Å². The maximum absolute atomic E-state index is 5.57. The molecule has 0 atom stereocenters. The van der Waals surface area contributed by atoms with Crippen LogP contribution in [0.25, 0.3) is 0 Å². The first kappa shape index (κ1) is 23.0. The maximum atomic E-state index is 5.57. The zero-order chi connectivity index (χ0) is 17.5. The Kier molecular flexibility index (Phi) is 10.0. The second-order valence-corrected chi connectivity index (χ2v) is 7.84. The molecule has 0 aromatic rings. The number of nitrogens with one attached hydrogen (secondary N) is 2. The van der Waals surface area contributed by atoms with Gasteiger partial charge in [0.05, 0.1) is 0 Å². The fourth-order valence-electron chi connectivity index (χ4n) is 4.12. The van der Waals surface area contributed by atoms with Crippen molar-refractivity contribution in [2.75, 3.05) is 46.9 Å². The van der Waals surface area contributed by atoms with E-state index in [4.69, 9.17) is 9.73 Å². The van der Waals surface area contributed by atoms with Gasteiger partial charge >= 0.3 is 0 Å². The molecule has 2 N–H and O–H groups in total. The molecule has 1 saturated heterocycles. The molecule has 1 heterocycles. The number of nitrogens with zero attached hydrogens (tertiary/aromatic N) is 2. The van der Waals surface area contributed by atoms with Gasteiger partial charge in [0.15, 0.2) is 5.96 Å². The van der Waals surface area contributed by atoms with E-state index in [0.29, 0.717) is 5.41 Å². The number of aliphatic imine (C=N–C) groups is 1. The highest BCUT2D eigenvalue weighted by atomic mass is 127. The molecule has 6 heteroatoms. The second kappa shape index (κ2) is 10.9. The molecule has 0 spiro atoms. The zero-order valence-electron chi connectivity index (χ0n) is 16.7. The van der Waals surface area contributed by atoms with E-state index >= 15 is 0 Å². The number of ether oxygens (including phenoxy) is 1. The van der Waals surface area contributed by atoms with Gasteiger partial charge in [-0.2, -0.15) is 0 Å². The van der Waals surface area contributed by atoms with Gasteiger partial charge in [-0.25, -0.2) is 0 Å². The minimum absolute atomic E-state index is 0. The molecule has 0 unspecified atom stereocenters. The van der Waals surface area contributed by atoms with E-state index in [1.807, 2.05) is 0 Å². The molecule has 0 aromatic heterocycles. The molecule has 1 saturated carbocycles. The quantitative estimate of drug-likeness (QED) is 0.344. The van der Waals surface area contributed by atoms with Crippen molar-refractivity contribution >= 4 is 29.9 Å². The smallest absolute Gasteiger partial charge is 0.191 e. The minimum Gasteiger partial charge on any atom is -0.381 e. The minimum atomic E-state index is 0. The molecule has 2 fully saturated rings. The Labute approximate surface area is 171 Å². The summed E-state index contributed by atoms with van der Waals surface area (Å²) >= 11 is 0. The number of halogens is 1. The van der Waals surface area contributed by atoms with Gasteiger partial charge in [-0.1, -0.05) is 19.8 Å². The van der Waals surface area contributed by atoms with Crippen LogP contribution in [-0.4, -0.2) is 63.3 Å². The summed E-state index contributed by atoms with van der Waals surface area (Å²) < 4.78 is 5.57. The first-order chi connectivity index (χ1) is 11.6. The third kappa shape index (κ3) is 6.24. The van der Waals surface area contributed by atoms with E-state index < -0.39 is 0 Å². The lowest BCUT2D eigenvalue weighted by Crippen LogP contribution is -2.57. The van der Waals surface area contributed by atoms with Crippen molar-refractivity contribution in [1.29, 1.82) is 0 Å². The first-order valence-corrected chi connectivity index (χ1v) is 9.83. The SMILES string of the molecule is CCNC(=NCC1(CC)CCCC1)NCC1(N(C)C)CCOCC1.I. The van der Waals surface area contributed by atoms with E-state index in [-0.39, 0.29) is 29.5 Å². The largest absolute Gasteiger partial charge is 0.381 e. The molecular formula is C19H39IN4O. The molecule has 1 aliphatic heterocycles. The van der Waals surface area contributed by atoms with Crippen LogP contribution in [-0.2, 0) is 4.74 Å². The molecule has 0 radical (unpaired) electrons. The highest BCUT2D eigenvalue weighted by molar-refractivity contribution is 14.0. The molecular weight excluding hydrogens is 427 g/mol. The van der Waals surface area contributed by atoms with Crippen molar-refractivity contribution in [1.82, 2.24) is 15.5 Å². The number of guanidine groups is 1. The first-order valence-electron chi connectivity index (χ1n) is 9.83. The molecule has 25 heavy (non-hydrogen) atoms. The molecule has 0 aromatic carbocycles. The topological polar surface area (TPSA) is 48.9 Å². The average molecular weight is 466 g/mol. The Morgan fingerprint density at radius 1 is 1.04 bits per heavy atom. The van der Waals surface area contributed by atoms with Crippen LogP contribution in [0, 0.1) is 5.41 Å². The monoisotopic (exact) mass is 466 g/mol. The fraction of sp³-hybridized carbons (Fsp3) is 0.947.